The second kappa shape index (κ2) is 6.84. The summed E-state index contributed by atoms with van der Waals surface area (Å²) in [6.45, 7) is 0. The molecule has 0 aliphatic carbocycles. The summed E-state index contributed by atoms with van der Waals surface area (Å²) in [5, 5.41) is 7.55. The predicted octanol–water partition coefficient (Wildman–Crippen LogP) is 2.06. The third kappa shape index (κ3) is 3.26. The molecule has 0 saturated carbocycles. The highest BCUT2D eigenvalue weighted by Gasteiger charge is 2.13. The van der Waals surface area contributed by atoms with E-state index in [-0.39, 0.29) is 11.3 Å². The number of primary amides is 1. The quantitative estimate of drug-likeness (QED) is 0.507. The van der Waals surface area contributed by atoms with E-state index in [1.807, 2.05) is 18.2 Å². The molecular formula is C20H15N5O3. The maximum absolute atomic E-state index is 12.6. The summed E-state index contributed by atoms with van der Waals surface area (Å²) in [4.78, 5) is 38.7. The molecule has 8 nitrogen and oxygen atoms in total. The Labute approximate surface area is 158 Å². The van der Waals surface area contributed by atoms with Gasteiger partial charge in [0.25, 0.3) is 17.4 Å². The van der Waals surface area contributed by atoms with Gasteiger partial charge in [-0.05, 0) is 41.8 Å². The fraction of sp³-hybridized carbons (Fsp3) is 0. The van der Waals surface area contributed by atoms with E-state index in [0.29, 0.717) is 16.9 Å². The number of hydrogen-bond acceptors (Lipinski definition) is 4. The van der Waals surface area contributed by atoms with Gasteiger partial charge >= 0.3 is 0 Å². The smallest absolute Gasteiger partial charge is 0.269 e. The molecule has 0 unspecified atom stereocenters. The van der Waals surface area contributed by atoms with Gasteiger partial charge < -0.3 is 16.0 Å². The first-order valence-corrected chi connectivity index (χ1v) is 8.40. The Morgan fingerprint density at radius 1 is 1.04 bits per heavy atom. The van der Waals surface area contributed by atoms with Crippen LogP contribution >= 0.6 is 0 Å². The molecule has 0 aliphatic rings. The number of para-hydroxylation sites is 1. The van der Waals surface area contributed by atoms with Crippen molar-refractivity contribution in [2.24, 2.45) is 5.73 Å². The number of aromatic nitrogens is 3. The maximum atomic E-state index is 12.6. The monoisotopic (exact) mass is 373 g/mol. The van der Waals surface area contributed by atoms with Gasteiger partial charge in [0.2, 0.25) is 0 Å². The Morgan fingerprint density at radius 3 is 2.64 bits per heavy atom. The van der Waals surface area contributed by atoms with Crippen LogP contribution in [-0.4, -0.2) is 26.6 Å². The van der Waals surface area contributed by atoms with E-state index in [9.17, 15) is 14.4 Å². The van der Waals surface area contributed by atoms with Gasteiger partial charge in [-0.3, -0.25) is 14.4 Å². The molecule has 4 aromatic rings. The first-order valence-electron chi connectivity index (χ1n) is 8.40. The summed E-state index contributed by atoms with van der Waals surface area (Å²) >= 11 is 0. The summed E-state index contributed by atoms with van der Waals surface area (Å²) in [6.07, 6.45) is 1.59. The second-order valence-corrected chi connectivity index (χ2v) is 6.11. The van der Waals surface area contributed by atoms with Crippen molar-refractivity contribution in [1.82, 2.24) is 14.8 Å². The molecule has 2 aromatic heterocycles. The van der Waals surface area contributed by atoms with Crippen molar-refractivity contribution in [3.05, 3.63) is 88.5 Å². The van der Waals surface area contributed by atoms with Crippen molar-refractivity contribution in [3.8, 4) is 5.69 Å². The summed E-state index contributed by atoms with van der Waals surface area (Å²) in [5.41, 5.74) is 6.66. The molecule has 0 bridgehead atoms. The molecular weight excluding hydrogens is 358 g/mol. The Balaban J connectivity index is 1.62. The summed E-state index contributed by atoms with van der Waals surface area (Å²) < 4.78 is 1.47. The number of hydrogen-bond donors (Lipinski definition) is 3. The van der Waals surface area contributed by atoms with Crippen LogP contribution in [0.2, 0.25) is 0 Å². The van der Waals surface area contributed by atoms with Gasteiger partial charge in [-0.2, -0.15) is 5.10 Å². The van der Waals surface area contributed by atoms with E-state index in [1.54, 1.807) is 42.6 Å². The minimum atomic E-state index is -0.626. The van der Waals surface area contributed by atoms with Crippen molar-refractivity contribution < 1.29 is 9.59 Å². The number of benzene rings is 2. The molecule has 8 heteroatoms. The van der Waals surface area contributed by atoms with E-state index in [0.717, 1.165) is 5.39 Å². The lowest BCUT2D eigenvalue weighted by atomic mass is 10.1. The van der Waals surface area contributed by atoms with Crippen molar-refractivity contribution >= 4 is 28.4 Å². The largest absolute Gasteiger partial charge is 0.364 e. The first kappa shape index (κ1) is 17.2. The Morgan fingerprint density at radius 2 is 1.86 bits per heavy atom. The Hall–Kier alpha value is -4.20. The molecule has 2 aromatic carbocycles. The number of amides is 2. The summed E-state index contributed by atoms with van der Waals surface area (Å²) in [5.74, 6) is -1.15. The molecule has 2 amide bonds. The number of carbonyl (C=O) groups is 2. The minimum Gasteiger partial charge on any atom is -0.364 e. The van der Waals surface area contributed by atoms with E-state index in [2.05, 4.69) is 15.4 Å². The van der Waals surface area contributed by atoms with Crippen molar-refractivity contribution in [2.45, 2.75) is 0 Å². The molecule has 138 valence electrons. The molecule has 0 fully saturated rings. The number of H-pyrrole nitrogens is 1. The number of nitrogens with two attached hydrogens (primary N) is 1. The van der Waals surface area contributed by atoms with Gasteiger partial charge in [-0.25, -0.2) is 4.68 Å². The van der Waals surface area contributed by atoms with Gasteiger partial charge in [0.1, 0.15) is 11.3 Å². The molecule has 4 rings (SSSR count). The lowest BCUT2D eigenvalue weighted by Gasteiger charge is -2.08. The van der Waals surface area contributed by atoms with Crippen LogP contribution in [0, 0.1) is 0 Å². The fourth-order valence-corrected chi connectivity index (χ4v) is 2.84. The number of carbonyl (C=O) groups excluding carboxylic acids is 2. The average Bonchev–Trinajstić information content (AvgIpc) is 3.18. The van der Waals surface area contributed by atoms with Crippen LogP contribution < -0.4 is 16.6 Å². The number of fused-ring (bicyclic) bond motifs is 1. The Bertz CT molecular complexity index is 1270. The van der Waals surface area contributed by atoms with Crippen LogP contribution in [0.15, 0.2) is 71.7 Å². The highest BCUT2D eigenvalue weighted by atomic mass is 16.2. The minimum absolute atomic E-state index is 0.0132. The lowest BCUT2D eigenvalue weighted by Crippen LogP contribution is -2.23. The van der Waals surface area contributed by atoms with E-state index in [4.69, 9.17) is 5.73 Å². The zero-order valence-electron chi connectivity index (χ0n) is 14.5. The van der Waals surface area contributed by atoms with Crippen LogP contribution in [0.25, 0.3) is 16.6 Å². The highest BCUT2D eigenvalue weighted by Crippen LogP contribution is 2.16. The van der Waals surface area contributed by atoms with Crippen LogP contribution in [0.5, 0.6) is 0 Å². The van der Waals surface area contributed by atoms with Gasteiger partial charge in [-0.15, -0.1) is 0 Å². The molecule has 2 heterocycles. The molecule has 0 atom stereocenters. The topological polar surface area (TPSA) is 123 Å². The third-order valence-electron chi connectivity index (χ3n) is 4.21. The standard InChI is InChI=1S/C20H15N5O3/c21-18(26)17-8-9-25(24-17)14-6-3-5-13(11-14)22-19(27)15-10-12-4-1-2-7-16(12)23-20(15)28/h1-11H,(H2,21,26)(H,22,27)(H,23,28). The maximum Gasteiger partial charge on any atom is 0.269 e. The third-order valence-corrected chi connectivity index (χ3v) is 4.21. The fourth-order valence-electron chi connectivity index (χ4n) is 2.84. The number of nitrogens with one attached hydrogen (secondary N) is 2. The zero-order valence-corrected chi connectivity index (χ0v) is 14.5. The molecule has 0 spiro atoms. The predicted molar refractivity (Wildman–Crippen MR) is 105 cm³/mol. The van der Waals surface area contributed by atoms with Crippen molar-refractivity contribution in [1.29, 1.82) is 0 Å². The molecule has 0 saturated heterocycles. The number of anilines is 1. The van der Waals surface area contributed by atoms with Crippen molar-refractivity contribution in [3.63, 3.8) is 0 Å². The van der Waals surface area contributed by atoms with Crippen LogP contribution in [-0.2, 0) is 0 Å². The van der Waals surface area contributed by atoms with Crippen LogP contribution in [0.3, 0.4) is 0 Å². The molecule has 0 aliphatic heterocycles. The highest BCUT2D eigenvalue weighted by molar-refractivity contribution is 6.05. The number of nitrogens with zero attached hydrogens (tertiary/aromatic N) is 2. The average molecular weight is 373 g/mol. The number of rotatable bonds is 4. The van der Waals surface area contributed by atoms with Crippen molar-refractivity contribution in [2.75, 3.05) is 5.32 Å². The zero-order chi connectivity index (χ0) is 19.7. The van der Waals surface area contributed by atoms with E-state index < -0.39 is 17.4 Å². The molecule has 28 heavy (non-hydrogen) atoms. The van der Waals surface area contributed by atoms with Gasteiger partial charge in [0.15, 0.2) is 0 Å². The number of pyridine rings is 1. The molecule has 4 N–H and O–H groups in total. The van der Waals surface area contributed by atoms with Gasteiger partial charge in [0, 0.05) is 17.4 Å². The normalized spacial score (nSPS) is 10.7. The second-order valence-electron chi connectivity index (χ2n) is 6.11. The lowest BCUT2D eigenvalue weighted by molar-refractivity contribution is 0.0993. The summed E-state index contributed by atoms with van der Waals surface area (Å²) in [6, 6.07) is 17.1. The number of aromatic amines is 1. The van der Waals surface area contributed by atoms with E-state index in [1.165, 1.54) is 10.7 Å². The Kier molecular flexibility index (Phi) is 4.21. The van der Waals surface area contributed by atoms with Gasteiger partial charge in [-0.1, -0.05) is 24.3 Å². The van der Waals surface area contributed by atoms with Crippen LogP contribution in [0.4, 0.5) is 5.69 Å². The van der Waals surface area contributed by atoms with E-state index >= 15 is 0 Å². The first-order chi connectivity index (χ1) is 13.5. The molecule has 0 radical (unpaired) electrons. The van der Waals surface area contributed by atoms with Gasteiger partial charge in [0.05, 0.1) is 5.69 Å². The van der Waals surface area contributed by atoms with Crippen LogP contribution in [0.1, 0.15) is 20.8 Å². The summed E-state index contributed by atoms with van der Waals surface area (Å²) in [7, 11) is 0. The SMILES string of the molecule is NC(=O)c1ccn(-c2cccc(NC(=O)c3cc4ccccc4[nH]c3=O)c2)n1.